The molecule has 3 rings (SSSR count). The van der Waals surface area contributed by atoms with E-state index in [0.717, 1.165) is 5.56 Å². The molecule has 0 bridgehead atoms. The largest absolute Gasteiger partial charge is 0.481 e. The molecule has 0 saturated heterocycles. The van der Waals surface area contributed by atoms with Gasteiger partial charge in [-0.3, -0.25) is 14.4 Å². The Labute approximate surface area is 186 Å². The van der Waals surface area contributed by atoms with Crippen LogP contribution in [0.3, 0.4) is 0 Å². The minimum Gasteiger partial charge on any atom is -0.481 e. The number of aliphatic carboxylic acids is 1. The van der Waals surface area contributed by atoms with E-state index in [-0.39, 0.29) is 19.4 Å². The first-order valence-corrected chi connectivity index (χ1v) is 10.1. The molecule has 0 saturated carbocycles. The Morgan fingerprint density at radius 1 is 0.875 bits per heavy atom. The Morgan fingerprint density at radius 2 is 1.50 bits per heavy atom. The molecule has 0 aliphatic heterocycles. The first kappa shape index (κ1) is 22.6. The number of carboxylic acid groups (broad SMARTS) is 1. The molecule has 32 heavy (non-hydrogen) atoms. The Balaban J connectivity index is 1.90. The van der Waals surface area contributed by atoms with Crippen molar-refractivity contribution in [1.82, 2.24) is 4.90 Å². The number of ether oxygens (including phenoxy) is 1. The summed E-state index contributed by atoms with van der Waals surface area (Å²) in [5, 5.41) is 9.08. The van der Waals surface area contributed by atoms with E-state index in [1.54, 1.807) is 36.4 Å². The third kappa shape index (κ3) is 6.18. The number of primary amides is 1. The quantitative estimate of drug-likeness (QED) is 0.506. The van der Waals surface area contributed by atoms with Crippen LogP contribution in [-0.2, 0) is 16.1 Å². The van der Waals surface area contributed by atoms with Crippen molar-refractivity contribution in [3.63, 3.8) is 0 Å². The van der Waals surface area contributed by atoms with Gasteiger partial charge < -0.3 is 20.5 Å². The van der Waals surface area contributed by atoms with Crippen molar-refractivity contribution in [2.45, 2.75) is 25.4 Å². The van der Waals surface area contributed by atoms with Crippen LogP contribution in [0.25, 0.3) is 0 Å². The Hall–Kier alpha value is -4.13. The summed E-state index contributed by atoms with van der Waals surface area (Å²) in [5.41, 5.74) is 6.67. The van der Waals surface area contributed by atoms with Gasteiger partial charge in [0.25, 0.3) is 5.91 Å². The molecule has 3 aromatic rings. The Bertz CT molecular complexity index is 1070. The fourth-order valence-corrected chi connectivity index (χ4v) is 3.30. The fourth-order valence-electron chi connectivity index (χ4n) is 3.30. The molecule has 7 heteroatoms. The molecule has 0 radical (unpaired) electrons. The van der Waals surface area contributed by atoms with Crippen molar-refractivity contribution >= 4 is 17.8 Å². The molecule has 1 atom stereocenters. The van der Waals surface area contributed by atoms with Gasteiger partial charge in [-0.1, -0.05) is 54.6 Å². The summed E-state index contributed by atoms with van der Waals surface area (Å²) >= 11 is 0. The van der Waals surface area contributed by atoms with Crippen LogP contribution in [0.5, 0.6) is 11.5 Å². The van der Waals surface area contributed by atoms with Gasteiger partial charge in [0.05, 0.1) is 0 Å². The van der Waals surface area contributed by atoms with Gasteiger partial charge in [0, 0.05) is 18.5 Å². The molecule has 0 heterocycles. The lowest BCUT2D eigenvalue weighted by atomic mass is 10.0. The standard InChI is InChI=1S/C25H24N2O5/c26-24(30)22(14-15-23(28)29)27(17-18-8-3-1-4-9-18)25(31)19-10-7-13-21(16-19)32-20-11-5-2-6-12-20/h1-13,16,22H,14-15,17H2,(H2,26,30)(H,28,29)/t22-/m0/s1. The molecule has 2 amide bonds. The molecule has 0 aliphatic carbocycles. The van der Waals surface area contributed by atoms with E-state index in [1.165, 1.54) is 4.90 Å². The van der Waals surface area contributed by atoms with Crippen molar-refractivity contribution in [2.75, 3.05) is 0 Å². The Kier molecular flexibility index (Phi) is 7.59. The molecular formula is C25H24N2O5. The van der Waals surface area contributed by atoms with Crippen LogP contribution in [0.2, 0.25) is 0 Å². The number of para-hydroxylation sites is 1. The number of nitrogens with zero attached hydrogens (tertiary/aromatic N) is 1. The number of carbonyl (C=O) groups is 3. The van der Waals surface area contributed by atoms with Crippen LogP contribution in [0.1, 0.15) is 28.8 Å². The van der Waals surface area contributed by atoms with Crippen molar-refractivity contribution in [3.8, 4) is 11.5 Å². The van der Waals surface area contributed by atoms with Crippen LogP contribution in [0.4, 0.5) is 0 Å². The molecule has 3 aromatic carbocycles. The van der Waals surface area contributed by atoms with Gasteiger partial charge in [0.2, 0.25) is 5.91 Å². The normalized spacial score (nSPS) is 11.4. The summed E-state index contributed by atoms with van der Waals surface area (Å²) in [7, 11) is 0. The lowest BCUT2D eigenvalue weighted by Crippen LogP contribution is -2.47. The maximum atomic E-state index is 13.5. The van der Waals surface area contributed by atoms with Gasteiger partial charge in [-0.05, 0) is 42.3 Å². The average Bonchev–Trinajstić information content (AvgIpc) is 2.79. The second-order valence-electron chi connectivity index (χ2n) is 7.21. The zero-order valence-corrected chi connectivity index (χ0v) is 17.4. The summed E-state index contributed by atoms with van der Waals surface area (Å²) in [5.74, 6) is -1.19. The second-order valence-corrected chi connectivity index (χ2v) is 7.21. The molecule has 0 fully saturated rings. The summed E-state index contributed by atoms with van der Waals surface area (Å²) in [6.07, 6.45) is -0.368. The zero-order chi connectivity index (χ0) is 22.9. The lowest BCUT2D eigenvalue weighted by molar-refractivity contribution is -0.137. The summed E-state index contributed by atoms with van der Waals surface area (Å²) in [4.78, 5) is 38.1. The van der Waals surface area contributed by atoms with E-state index in [0.29, 0.717) is 17.1 Å². The predicted octanol–water partition coefficient (Wildman–Crippen LogP) is 3.84. The number of hydrogen-bond acceptors (Lipinski definition) is 4. The highest BCUT2D eigenvalue weighted by Gasteiger charge is 2.30. The molecule has 0 spiro atoms. The number of amides is 2. The highest BCUT2D eigenvalue weighted by molar-refractivity contribution is 5.97. The maximum absolute atomic E-state index is 13.5. The third-order valence-electron chi connectivity index (χ3n) is 4.85. The number of hydrogen-bond donors (Lipinski definition) is 2. The van der Waals surface area contributed by atoms with Gasteiger partial charge in [0.15, 0.2) is 0 Å². The molecule has 3 N–H and O–H groups in total. The topological polar surface area (TPSA) is 110 Å². The first-order valence-electron chi connectivity index (χ1n) is 10.1. The number of carboxylic acids is 1. The summed E-state index contributed by atoms with van der Waals surface area (Å²) in [6.45, 7) is 0.108. The van der Waals surface area contributed by atoms with E-state index >= 15 is 0 Å². The predicted molar refractivity (Wildman–Crippen MR) is 119 cm³/mol. The SMILES string of the molecule is NC(=O)[C@H](CCC(=O)O)N(Cc1ccccc1)C(=O)c1cccc(Oc2ccccc2)c1. The molecule has 0 aliphatic rings. The highest BCUT2D eigenvalue weighted by atomic mass is 16.5. The maximum Gasteiger partial charge on any atom is 0.303 e. The molecular weight excluding hydrogens is 408 g/mol. The second kappa shape index (κ2) is 10.8. The zero-order valence-electron chi connectivity index (χ0n) is 17.4. The fraction of sp³-hybridized carbons (Fsp3) is 0.160. The van der Waals surface area contributed by atoms with Crippen LogP contribution >= 0.6 is 0 Å². The van der Waals surface area contributed by atoms with Crippen LogP contribution in [-0.4, -0.2) is 33.8 Å². The van der Waals surface area contributed by atoms with Crippen LogP contribution < -0.4 is 10.5 Å². The van der Waals surface area contributed by atoms with Crippen molar-refractivity contribution in [2.24, 2.45) is 5.73 Å². The average molecular weight is 432 g/mol. The van der Waals surface area contributed by atoms with E-state index in [9.17, 15) is 14.4 Å². The van der Waals surface area contributed by atoms with E-state index < -0.39 is 23.8 Å². The van der Waals surface area contributed by atoms with Crippen LogP contribution in [0.15, 0.2) is 84.9 Å². The number of nitrogens with two attached hydrogens (primary N) is 1. The monoisotopic (exact) mass is 432 g/mol. The van der Waals surface area contributed by atoms with Gasteiger partial charge in [-0.2, -0.15) is 0 Å². The van der Waals surface area contributed by atoms with E-state index in [2.05, 4.69) is 0 Å². The highest BCUT2D eigenvalue weighted by Crippen LogP contribution is 2.24. The first-order chi connectivity index (χ1) is 15.4. The minimum atomic E-state index is -1.07. The van der Waals surface area contributed by atoms with E-state index in [1.807, 2.05) is 48.5 Å². The van der Waals surface area contributed by atoms with Gasteiger partial charge in [0.1, 0.15) is 17.5 Å². The van der Waals surface area contributed by atoms with Gasteiger partial charge >= 0.3 is 5.97 Å². The van der Waals surface area contributed by atoms with Crippen molar-refractivity contribution in [3.05, 3.63) is 96.1 Å². The number of benzene rings is 3. The minimum absolute atomic E-state index is 0.0799. The summed E-state index contributed by atoms with van der Waals surface area (Å²) in [6, 6.07) is 23.8. The van der Waals surface area contributed by atoms with Gasteiger partial charge in [-0.15, -0.1) is 0 Å². The van der Waals surface area contributed by atoms with Gasteiger partial charge in [-0.25, -0.2) is 0 Å². The Morgan fingerprint density at radius 3 is 2.12 bits per heavy atom. The third-order valence-corrected chi connectivity index (χ3v) is 4.85. The smallest absolute Gasteiger partial charge is 0.303 e. The van der Waals surface area contributed by atoms with Crippen molar-refractivity contribution < 1.29 is 24.2 Å². The molecule has 7 nitrogen and oxygen atoms in total. The number of rotatable bonds is 10. The summed E-state index contributed by atoms with van der Waals surface area (Å²) < 4.78 is 5.81. The van der Waals surface area contributed by atoms with Crippen molar-refractivity contribution in [1.29, 1.82) is 0 Å². The van der Waals surface area contributed by atoms with E-state index in [4.69, 9.17) is 15.6 Å². The molecule has 0 aromatic heterocycles. The molecule has 164 valence electrons. The van der Waals surface area contributed by atoms with Crippen LogP contribution in [0, 0.1) is 0 Å². The number of carbonyl (C=O) groups excluding carboxylic acids is 2. The molecule has 0 unspecified atom stereocenters. The lowest BCUT2D eigenvalue weighted by Gasteiger charge is -2.30.